The van der Waals surface area contributed by atoms with Crippen LogP contribution in [0.3, 0.4) is 0 Å². The van der Waals surface area contributed by atoms with Gasteiger partial charge in [0.1, 0.15) is 42.8 Å². The first-order chi connectivity index (χ1) is 65.2. The molecule has 5 fully saturated rings. The number of likely N-dealkylation sites (tertiary alicyclic amines) is 4. The van der Waals surface area contributed by atoms with Crippen LogP contribution in [0.2, 0.25) is 0 Å². The summed E-state index contributed by atoms with van der Waals surface area (Å²) >= 11 is 0. The van der Waals surface area contributed by atoms with Crippen molar-refractivity contribution in [3.05, 3.63) is 187 Å². The number of aliphatic hydroxyl groups excluding tert-OH is 5. The molecule has 758 valence electrons. The number of β-amino-alcohol motifs (C(OH)–C–C–N with tert-alkyl or cyclic N) is 4. The van der Waals surface area contributed by atoms with Gasteiger partial charge >= 0.3 is 12.2 Å². The van der Waals surface area contributed by atoms with Crippen LogP contribution in [0.4, 0.5) is 82.6 Å². The summed E-state index contributed by atoms with van der Waals surface area (Å²) in [6.07, 6.45) is 14.5. The van der Waals surface area contributed by atoms with Crippen molar-refractivity contribution in [3.8, 4) is 11.4 Å². The molecule has 138 heavy (non-hydrogen) atoms. The van der Waals surface area contributed by atoms with Crippen LogP contribution in [-0.4, -0.2) is 292 Å². The van der Waals surface area contributed by atoms with E-state index in [1.54, 1.807) is 47.6 Å². The van der Waals surface area contributed by atoms with Gasteiger partial charge in [-0.05, 0) is 161 Å². The number of aromatic nitrogens is 14. The van der Waals surface area contributed by atoms with Crippen LogP contribution in [0.25, 0.3) is 11.4 Å². The van der Waals surface area contributed by atoms with E-state index in [1.165, 1.54) is 16.8 Å². The minimum Gasteiger partial charge on any atom is -0.444 e. The van der Waals surface area contributed by atoms with Crippen LogP contribution in [0.5, 0.6) is 0 Å². The minimum atomic E-state index is -1.64. The van der Waals surface area contributed by atoms with Gasteiger partial charge in [-0.15, -0.1) is 0 Å². The monoisotopic (exact) mass is 1950 g/mol. The summed E-state index contributed by atoms with van der Waals surface area (Å²) in [5.74, 6) is -13.5. The fourth-order valence-corrected chi connectivity index (χ4v) is 14.7. The second-order valence-corrected chi connectivity index (χ2v) is 34.7. The molecule has 0 spiro atoms. The average molecular weight is 1950 g/mol. The molecule has 0 radical (unpaired) electrons. The van der Waals surface area contributed by atoms with Crippen LogP contribution in [-0.2, 0) is 32.2 Å². The van der Waals surface area contributed by atoms with Gasteiger partial charge < -0.3 is 93.5 Å². The van der Waals surface area contributed by atoms with Crippen molar-refractivity contribution in [2.24, 2.45) is 46.8 Å². The third-order valence-corrected chi connectivity index (χ3v) is 22.2. The fourth-order valence-electron chi connectivity index (χ4n) is 14.7. The molecule has 14 rings (SSSR count). The highest BCUT2D eigenvalue weighted by molar-refractivity contribution is 5.76. The van der Waals surface area contributed by atoms with E-state index in [9.17, 15) is 84.2 Å². The molecular formula is C90H127F10N27O11. The summed E-state index contributed by atoms with van der Waals surface area (Å²) in [7, 11) is 0. The van der Waals surface area contributed by atoms with E-state index < -0.39 is 112 Å². The van der Waals surface area contributed by atoms with E-state index in [4.69, 9.17) is 26.7 Å². The summed E-state index contributed by atoms with van der Waals surface area (Å²) in [6.45, 7) is 23.1. The van der Waals surface area contributed by atoms with Crippen molar-refractivity contribution in [2.75, 3.05) is 137 Å². The van der Waals surface area contributed by atoms with Crippen molar-refractivity contribution >= 4 is 53.1 Å². The number of carbonyl (C=O) groups is 4. The van der Waals surface area contributed by atoms with Crippen LogP contribution in [0, 0.1) is 88.4 Å². The Balaban J connectivity index is 0.000000226. The van der Waals surface area contributed by atoms with Crippen molar-refractivity contribution in [1.82, 2.24) is 94.3 Å². The number of piperidine rings is 4. The molecule has 16 N–H and O–H groups in total. The van der Waals surface area contributed by atoms with E-state index in [2.05, 4.69) is 118 Å². The number of halogens is 10. The number of nitrogens with two attached hydrogens (primary N) is 3. The number of aliphatic hydroxyl groups is 5. The average Bonchev–Trinajstić information content (AvgIpc) is 1.02. The Hall–Kier alpha value is -12.3. The molecule has 0 unspecified atom stereocenters. The molecule has 5 aliphatic rings. The number of nitrogens with one attached hydrogen (secondary N) is 5. The van der Waals surface area contributed by atoms with Gasteiger partial charge in [-0.2, -0.15) is 54.1 Å². The number of nitrogens with zero attached hydrogens (tertiary/aromatic N) is 19. The van der Waals surface area contributed by atoms with Crippen LogP contribution in [0.15, 0.2) is 117 Å². The number of ether oxygens (including phenoxy) is 2. The van der Waals surface area contributed by atoms with Crippen LogP contribution in [0.1, 0.15) is 125 Å². The Labute approximate surface area is 793 Å². The van der Waals surface area contributed by atoms with Crippen molar-refractivity contribution < 1.29 is 98.1 Å². The van der Waals surface area contributed by atoms with Gasteiger partial charge in [-0.25, -0.2) is 68.8 Å². The predicted octanol–water partition coefficient (Wildman–Crippen LogP) is 8.32. The first kappa shape index (κ1) is 113. The molecule has 11 heterocycles. The van der Waals surface area contributed by atoms with Crippen molar-refractivity contribution in [1.29, 1.82) is 0 Å². The maximum atomic E-state index is 15.4. The summed E-state index contributed by atoms with van der Waals surface area (Å²) in [5.41, 5.74) is 19.1. The highest BCUT2D eigenvalue weighted by atomic mass is 19.2. The lowest BCUT2D eigenvalue weighted by molar-refractivity contribution is -0.121. The molecule has 0 bridgehead atoms. The summed E-state index contributed by atoms with van der Waals surface area (Å²) in [5, 5.41) is 73.0. The minimum absolute atomic E-state index is 0. The normalized spacial score (nSPS) is 19.8. The van der Waals surface area contributed by atoms with E-state index in [0.717, 1.165) is 81.1 Å². The highest BCUT2D eigenvalue weighted by Crippen LogP contribution is 2.30. The standard InChI is InChI=1S/C24H31FN8O2.C15H22F2N4O3.C12H17F2N5O2.C12H15N3.C11H15F2N3O.C11H22N2O3.C4HF3N2.CH4/c1-2-32(13-17-4-6-19(7-5-17)33-10-3-9-30-33)24-22(25)23(28-16-29-24)27-12-18-8-11-31(14-20(18)34)15-21(26)35;1-15(2,3)24-14(23)21-5-4-9(10(22)7-21)6-18-13-11(16)12(17)19-8-20-13;13-10-11(14)17-6-18-12(10)16-3-7-1-2-19(4-8(7)20)5-9(15)21;1-2-13-10-11-4-6-12(7-5-11)15-9-3-8-14-15;12-9-10(13)15-6-16-11(9)14-5-7-3-1-2-4-8(7)17;1-11(2,3)16-10(15)13-5-4-8(6-12)9(14)7-13;5-2-3(6)8-1-9-4(2)7;/h3-7,9-10,16,18,20,34H,2,8,11-15H2,1H3,(H2,26,35)(H,27,28,29);8-10,22H,4-7H2,1-3H3,(H,18,19,20);6-8,20H,1-5H2,(H2,15,21)(H,16,17,18);3-9,13H,2,10H2,1H3;6-8,17H,1-5H2,(H,14,15,16);8-9,14H,4-7,12H2,1-3H3;1H;1H4/t18-,20+;9-,10+;7-,8+;;7-,8+;8-,9+;;/m000.00../s1. The van der Waals surface area contributed by atoms with Gasteiger partial charge in [-0.3, -0.25) is 19.4 Å². The van der Waals surface area contributed by atoms with Gasteiger partial charge in [0.25, 0.3) is 29.7 Å². The summed E-state index contributed by atoms with van der Waals surface area (Å²) in [6, 6.07) is 20.1. The maximum Gasteiger partial charge on any atom is 0.410 e. The molecule has 1 aliphatic carbocycles. The number of hydrogen-bond acceptors (Lipinski definition) is 32. The molecule has 38 nitrogen and oxygen atoms in total. The molecular weight excluding hydrogens is 1830 g/mol. The Bertz CT molecular complexity index is 5150. The zero-order valence-electron chi connectivity index (χ0n) is 77.5. The molecule has 9 aromatic rings. The second-order valence-electron chi connectivity index (χ2n) is 34.7. The van der Waals surface area contributed by atoms with Crippen molar-refractivity contribution in [2.45, 2.75) is 169 Å². The van der Waals surface area contributed by atoms with Crippen LogP contribution >= 0.6 is 0 Å². The Kier molecular flexibility index (Phi) is 45.7. The molecule has 2 aromatic carbocycles. The van der Waals surface area contributed by atoms with Gasteiger partial charge in [-0.1, -0.05) is 51.5 Å². The predicted molar refractivity (Wildman–Crippen MR) is 492 cm³/mol. The molecule has 48 heteroatoms. The molecule has 7 aromatic heterocycles. The first-order valence-electron chi connectivity index (χ1n) is 44.7. The third-order valence-electron chi connectivity index (χ3n) is 22.2. The first-order valence-corrected chi connectivity index (χ1v) is 44.7. The Morgan fingerprint density at radius 3 is 1.13 bits per heavy atom. The quantitative estimate of drug-likeness (QED) is 0.0179. The number of primary amides is 2. The largest absolute Gasteiger partial charge is 0.444 e. The number of carbonyl (C=O) groups excluding carboxylic acids is 4. The third kappa shape index (κ3) is 36.9. The van der Waals surface area contributed by atoms with Crippen LogP contribution < -0.4 is 48.7 Å². The van der Waals surface area contributed by atoms with Gasteiger partial charge in [0.05, 0.1) is 68.1 Å². The van der Waals surface area contributed by atoms with Gasteiger partial charge in [0, 0.05) is 126 Å². The fraction of sp³-hybridized carbons (Fsp3) is 0.533. The molecule has 4 saturated heterocycles. The Morgan fingerprint density at radius 1 is 0.442 bits per heavy atom. The topological polar surface area (TPSA) is 507 Å². The second kappa shape index (κ2) is 55.9. The van der Waals surface area contributed by atoms with E-state index in [1.807, 2.05) is 91.0 Å². The molecule has 1 saturated carbocycles. The lowest BCUT2D eigenvalue weighted by atomic mass is 9.86. The molecule has 4 aliphatic heterocycles. The Morgan fingerprint density at radius 2 is 0.790 bits per heavy atom. The SMILES string of the molecule is C.CC(C)(C)OC(=O)N1CC[C@@H](CN)[C@H](O)C1.CC(C)(C)OC(=O)N1CC[C@@H](CNc2ncnc(F)c2F)[C@H](O)C1.CCN(Cc1ccc(-n2cccn2)cc1)c1ncnc(NC[C@@H]2CCN(CC(N)=O)C[C@H]2O)c1F.CCNCc1ccc(-n2cccn2)cc1.Fc1ncnc(F)c1F.NC(=O)CN1CC[C@@H](CNc2ncnc(F)c2F)[C@H](O)C1.O[C@@H]1CCCC[C@H]1CNc1ncnc(F)c1F. The number of benzene rings is 2. The van der Waals surface area contributed by atoms with Gasteiger partial charge in [0.2, 0.25) is 40.9 Å². The maximum absolute atomic E-state index is 15.4. The number of amides is 4. The van der Waals surface area contributed by atoms with Crippen molar-refractivity contribution in [3.63, 3.8) is 0 Å². The summed E-state index contributed by atoms with van der Waals surface area (Å²) in [4.78, 5) is 88.0. The van der Waals surface area contributed by atoms with E-state index in [0.29, 0.717) is 104 Å². The lowest BCUT2D eigenvalue weighted by Crippen LogP contribution is -2.49. The lowest BCUT2D eigenvalue weighted by Gasteiger charge is -2.36. The molecule has 4 amide bonds. The number of rotatable bonds is 26. The highest BCUT2D eigenvalue weighted by Gasteiger charge is 2.36. The smallest absolute Gasteiger partial charge is 0.410 e. The summed E-state index contributed by atoms with van der Waals surface area (Å²) < 4.78 is 144. The molecule has 10 atom stereocenters. The van der Waals surface area contributed by atoms with Gasteiger partial charge in [0.15, 0.2) is 29.1 Å². The van der Waals surface area contributed by atoms with E-state index >= 15 is 4.39 Å². The zero-order chi connectivity index (χ0) is 100. The number of anilines is 5. The van der Waals surface area contributed by atoms with E-state index in [-0.39, 0.29) is 111 Å². The number of hydrogen-bond donors (Lipinski definition) is 13. The zero-order valence-corrected chi connectivity index (χ0v) is 77.5.